The number of hydrogen-bond donors (Lipinski definition) is 2. The quantitative estimate of drug-likeness (QED) is 0.839. The summed E-state index contributed by atoms with van der Waals surface area (Å²) in [7, 11) is 0. The molecule has 1 aromatic carbocycles. The fourth-order valence-electron chi connectivity index (χ4n) is 2.58. The van der Waals surface area contributed by atoms with E-state index in [4.69, 9.17) is 12.2 Å². The molecule has 0 atom stereocenters. The summed E-state index contributed by atoms with van der Waals surface area (Å²) in [5, 5.41) is 7.17. The smallest absolute Gasteiger partial charge is 0.222 e. The number of likely N-dealkylation sites (tertiary alicyclic amines) is 1. The largest absolute Gasteiger partial charge is 0.360 e. The fraction of sp³-hybridized carbons (Fsp3) is 0.500. The van der Waals surface area contributed by atoms with Crippen LogP contribution in [0, 0.1) is 0 Å². The van der Waals surface area contributed by atoms with Crippen LogP contribution >= 0.6 is 12.2 Å². The van der Waals surface area contributed by atoms with E-state index in [0.717, 1.165) is 30.6 Å². The molecule has 1 aliphatic carbocycles. The molecule has 1 aromatic rings. The van der Waals surface area contributed by atoms with Gasteiger partial charge in [0, 0.05) is 31.2 Å². The maximum absolute atomic E-state index is 11.9. The molecule has 4 nitrogen and oxygen atoms in total. The highest BCUT2D eigenvalue weighted by atomic mass is 32.1. The number of rotatable bonds is 4. The Hall–Kier alpha value is -1.62. The summed E-state index contributed by atoms with van der Waals surface area (Å²) in [6.07, 6.45) is 5.24. The van der Waals surface area contributed by atoms with Gasteiger partial charge >= 0.3 is 0 Å². The van der Waals surface area contributed by atoms with Gasteiger partial charge in [0.1, 0.15) is 0 Å². The van der Waals surface area contributed by atoms with Crippen LogP contribution in [0.1, 0.15) is 37.7 Å². The Kier molecular flexibility index (Phi) is 4.39. The van der Waals surface area contributed by atoms with Crippen molar-refractivity contribution in [3.05, 3.63) is 29.8 Å². The van der Waals surface area contributed by atoms with Crippen LogP contribution in [-0.4, -0.2) is 28.5 Å². The molecule has 21 heavy (non-hydrogen) atoms. The molecule has 2 aliphatic rings. The molecule has 5 heteroatoms. The van der Waals surface area contributed by atoms with Gasteiger partial charge in [-0.3, -0.25) is 4.79 Å². The van der Waals surface area contributed by atoms with Crippen molar-refractivity contribution in [2.24, 2.45) is 0 Å². The van der Waals surface area contributed by atoms with Gasteiger partial charge in [-0.05, 0) is 55.6 Å². The van der Waals surface area contributed by atoms with Crippen molar-refractivity contribution in [1.82, 2.24) is 10.2 Å². The van der Waals surface area contributed by atoms with Crippen molar-refractivity contribution in [2.45, 2.75) is 44.7 Å². The Morgan fingerprint density at radius 2 is 2.19 bits per heavy atom. The van der Waals surface area contributed by atoms with Crippen LogP contribution in [0.3, 0.4) is 0 Å². The third kappa shape index (κ3) is 4.17. The highest BCUT2D eigenvalue weighted by Gasteiger charge is 2.22. The summed E-state index contributed by atoms with van der Waals surface area (Å²) < 4.78 is 0. The molecule has 3 rings (SSSR count). The van der Waals surface area contributed by atoms with E-state index in [1.807, 2.05) is 17.0 Å². The van der Waals surface area contributed by atoms with E-state index in [-0.39, 0.29) is 5.91 Å². The Labute approximate surface area is 130 Å². The van der Waals surface area contributed by atoms with Crippen LogP contribution in [0.2, 0.25) is 0 Å². The molecule has 2 N–H and O–H groups in total. The van der Waals surface area contributed by atoms with Crippen LogP contribution in [0.25, 0.3) is 0 Å². The lowest BCUT2D eigenvalue weighted by Gasteiger charge is -2.27. The zero-order chi connectivity index (χ0) is 14.7. The zero-order valence-corrected chi connectivity index (χ0v) is 12.9. The van der Waals surface area contributed by atoms with E-state index in [1.165, 1.54) is 12.8 Å². The van der Waals surface area contributed by atoms with Gasteiger partial charge in [-0.2, -0.15) is 0 Å². The first-order valence-electron chi connectivity index (χ1n) is 7.65. The molecule has 1 saturated heterocycles. The second-order valence-corrected chi connectivity index (χ2v) is 6.25. The highest BCUT2D eigenvalue weighted by Crippen LogP contribution is 2.20. The van der Waals surface area contributed by atoms with Crippen molar-refractivity contribution < 1.29 is 4.79 Å². The van der Waals surface area contributed by atoms with Crippen LogP contribution in [0.4, 0.5) is 5.69 Å². The number of amides is 1. The van der Waals surface area contributed by atoms with Gasteiger partial charge in [0.2, 0.25) is 5.91 Å². The second kappa shape index (κ2) is 6.43. The van der Waals surface area contributed by atoms with Gasteiger partial charge in [-0.1, -0.05) is 12.1 Å². The topological polar surface area (TPSA) is 44.4 Å². The van der Waals surface area contributed by atoms with E-state index < -0.39 is 0 Å². The SMILES string of the molecule is O=C1CCCCN1Cc1cccc(NC(=S)NC2CC2)c1. The van der Waals surface area contributed by atoms with Gasteiger partial charge in [0.15, 0.2) is 5.11 Å². The first-order valence-corrected chi connectivity index (χ1v) is 8.06. The number of anilines is 1. The molecular formula is C16H21N3OS. The first-order chi connectivity index (χ1) is 10.2. The fourth-order valence-corrected chi connectivity index (χ4v) is 2.86. The monoisotopic (exact) mass is 303 g/mol. The van der Waals surface area contributed by atoms with Gasteiger partial charge in [-0.25, -0.2) is 0 Å². The number of carbonyl (C=O) groups is 1. The number of nitrogens with zero attached hydrogens (tertiary/aromatic N) is 1. The maximum atomic E-state index is 11.9. The predicted molar refractivity (Wildman–Crippen MR) is 88.1 cm³/mol. The minimum Gasteiger partial charge on any atom is -0.360 e. The molecule has 0 aromatic heterocycles. The van der Waals surface area contributed by atoms with Crippen molar-refractivity contribution in [3.63, 3.8) is 0 Å². The van der Waals surface area contributed by atoms with E-state index in [0.29, 0.717) is 24.1 Å². The standard InChI is InChI=1S/C16H21N3OS/c20-15-6-1-2-9-19(15)11-12-4-3-5-14(10-12)18-16(21)17-13-7-8-13/h3-5,10,13H,1-2,6-9,11H2,(H2,17,18,21). The van der Waals surface area contributed by atoms with Gasteiger partial charge < -0.3 is 15.5 Å². The Morgan fingerprint density at radius 1 is 1.33 bits per heavy atom. The third-order valence-electron chi connectivity index (χ3n) is 3.89. The lowest BCUT2D eigenvalue weighted by atomic mass is 10.1. The van der Waals surface area contributed by atoms with Crippen LogP contribution in [0.5, 0.6) is 0 Å². The number of thiocarbonyl (C=S) groups is 1. The normalized spacial score (nSPS) is 18.5. The van der Waals surface area contributed by atoms with Crippen molar-refractivity contribution in [2.75, 3.05) is 11.9 Å². The predicted octanol–water partition coefficient (Wildman–Crippen LogP) is 2.65. The van der Waals surface area contributed by atoms with Gasteiger partial charge in [0.25, 0.3) is 0 Å². The second-order valence-electron chi connectivity index (χ2n) is 5.85. The molecule has 1 saturated carbocycles. The van der Waals surface area contributed by atoms with Gasteiger partial charge in [-0.15, -0.1) is 0 Å². The Morgan fingerprint density at radius 3 is 2.95 bits per heavy atom. The Balaban J connectivity index is 1.59. The zero-order valence-electron chi connectivity index (χ0n) is 12.1. The number of hydrogen-bond acceptors (Lipinski definition) is 2. The number of carbonyl (C=O) groups excluding carboxylic acids is 1. The lowest BCUT2D eigenvalue weighted by molar-refractivity contribution is -0.133. The van der Waals surface area contributed by atoms with Crippen LogP contribution in [-0.2, 0) is 11.3 Å². The van der Waals surface area contributed by atoms with E-state index in [2.05, 4.69) is 22.8 Å². The molecule has 0 spiro atoms. The lowest BCUT2D eigenvalue weighted by Crippen LogP contribution is -2.34. The average Bonchev–Trinajstić information content (AvgIpc) is 3.25. The number of benzene rings is 1. The molecule has 112 valence electrons. The van der Waals surface area contributed by atoms with E-state index in [9.17, 15) is 4.79 Å². The molecule has 1 aliphatic heterocycles. The number of nitrogens with one attached hydrogen (secondary N) is 2. The van der Waals surface area contributed by atoms with Crippen molar-refractivity contribution in [1.29, 1.82) is 0 Å². The molecule has 2 fully saturated rings. The summed E-state index contributed by atoms with van der Waals surface area (Å²) in [6.45, 7) is 1.56. The maximum Gasteiger partial charge on any atom is 0.222 e. The van der Waals surface area contributed by atoms with Crippen molar-refractivity contribution >= 4 is 28.9 Å². The third-order valence-corrected chi connectivity index (χ3v) is 4.11. The molecule has 1 amide bonds. The minimum atomic E-state index is 0.269. The average molecular weight is 303 g/mol. The molecular weight excluding hydrogens is 282 g/mol. The summed E-state index contributed by atoms with van der Waals surface area (Å²) in [5.74, 6) is 0.269. The summed E-state index contributed by atoms with van der Waals surface area (Å²) in [4.78, 5) is 13.8. The molecule has 0 unspecified atom stereocenters. The summed E-state index contributed by atoms with van der Waals surface area (Å²) >= 11 is 5.29. The van der Waals surface area contributed by atoms with Gasteiger partial charge in [0.05, 0.1) is 0 Å². The van der Waals surface area contributed by atoms with E-state index >= 15 is 0 Å². The molecule has 0 radical (unpaired) electrons. The van der Waals surface area contributed by atoms with Crippen molar-refractivity contribution in [3.8, 4) is 0 Å². The van der Waals surface area contributed by atoms with Crippen LogP contribution < -0.4 is 10.6 Å². The minimum absolute atomic E-state index is 0.269. The first kappa shape index (κ1) is 14.3. The molecule has 0 bridgehead atoms. The summed E-state index contributed by atoms with van der Waals surface area (Å²) in [6, 6.07) is 8.70. The van der Waals surface area contributed by atoms with E-state index in [1.54, 1.807) is 0 Å². The molecule has 1 heterocycles. The summed E-state index contributed by atoms with van der Waals surface area (Å²) in [5.41, 5.74) is 2.12. The van der Waals surface area contributed by atoms with Crippen LogP contribution in [0.15, 0.2) is 24.3 Å². The highest BCUT2D eigenvalue weighted by molar-refractivity contribution is 7.80. The number of piperidine rings is 1. The Bertz CT molecular complexity index is 542.